The Kier molecular flexibility index (Phi) is 3.40. The van der Waals surface area contributed by atoms with Crippen LogP contribution in [0.5, 0.6) is 0 Å². The Morgan fingerprint density at radius 2 is 2.15 bits per heavy atom. The number of fused-ring (bicyclic) bond motifs is 1. The van der Waals surface area contributed by atoms with E-state index in [0.717, 1.165) is 32.5 Å². The van der Waals surface area contributed by atoms with Crippen molar-refractivity contribution in [2.75, 3.05) is 0 Å². The fraction of sp³-hybridized carbons (Fsp3) is 0.143. The Hall–Kier alpha value is -1.59. The Bertz CT molecular complexity index is 854. The van der Waals surface area contributed by atoms with Gasteiger partial charge in [-0.25, -0.2) is 5.10 Å². The Morgan fingerprint density at radius 3 is 2.95 bits per heavy atom. The van der Waals surface area contributed by atoms with E-state index >= 15 is 0 Å². The molecule has 6 heteroatoms. The molecular formula is C14H10BrClN2O2. The van der Waals surface area contributed by atoms with Crippen molar-refractivity contribution < 1.29 is 4.42 Å². The molecule has 0 unspecified atom stereocenters. The average Bonchev–Trinajstić information content (AvgIpc) is 2.76. The molecule has 2 heterocycles. The molecule has 0 amide bonds. The van der Waals surface area contributed by atoms with E-state index in [2.05, 4.69) is 26.1 Å². The highest BCUT2D eigenvalue weighted by atomic mass is 79.9. The summed E-state index contributed by atoms with van der Waals surface area (Å²) in [6.07, 6.45) is 0.515. The van der Waals surface area contributed by atoms with Crippen LogP contribution >= 0.6 is 27.5 Å². The molecule has 0 saturated carbocycles. The largest absolute Gasteiger partial charge is 0.460 e. The third kappa shape index (κ3) is 2.51. The van der Waals surface area contributed by atoms with E-state index < -0.39 is 0 Å². The maximum atomic E-state index is 11.3. The Labute approximate surface area is 127 Å². The van der Waals surface area contributed by atoms with Gasteiger partial charge in [-0.1, -0.05) is 11.6 Å². The lowest BCUT2D eigenvalue weighted by Gasteiger charge is -2.00. The van der Waals surface area contributed by atoms with E-state index in [0.29, 0.717) is 11.4 Å². The molecule has 0 aliphatic carbocycles. The van der Waals surface area contributed by atoms with Crippen molar-refractivity contribution in [2.24, 2.45) is 0 Å². The lowest BCUT2D eigenvalue weighted by molar-refractivity contribution is 0.560. The summed E-state index contributed by atoms with van der Waals surface area (Å²) >= 11 is 9.44. The fourth-order valence-electron chi connectivity index (χ4n) is 2.09. The van der Waals surface area contributed by atoms with E-state index in [1.165, 1.54) is 6.07 Å². The number of aryl methyl sites for hydroxylation is 1. The van der Waals surface area contributed by atoms with E-state index in [-0.39, 0.29) is 5.56 Å². The molecule has 2 aromatic heterocycles. The first-order valence-corrected chi connectivity index (χ1v) is 7.13. The van der Waals surface area contributed by atoms with Crippen LogP contribution in [0.2, 0.25) is 5.02 Å². The predicted molar refractivity (Wildman–Crippen MR) is 81.3 cm³/mol. The van der Waals surface area contributed by atoms with Gasteiger partial charge < -0.3 is 4.42 Å². The third-order valence-corrected chi connectivity index (χ3v) is 3.86. The van der Waals surface area contributed by atoms with Crippen molar-refractivity contribution in [1.29, 1.82) is 0 Å². The van der Waals surface area contributed by atoms with Crippen molar-refractivity contribution in [3.05, 3.63) is 61.1 Å². The van der Waals surface area contributed by atoms with Gasteiger partial charge in [0.25, 0.3) is 5.56 Å². The van der Waals surface area contributed by atoms with E-state index in [1.807, 2.05) is 19.1 Å². The second-order valence-corrected chi connectivity index (χ2v) is 5.83. The molecule has 3 aromatic rings. The second kappa shape index (κ2) is 5.07. The van der Waals surface area contributed by atoms with Gasteiger partial charge in [0.05, 0.1) is 10.2 Å². The summed E-state index contributed by atoms with van der Waals surface area (Å²) in [6.45, 7) is 1.85. The Morgan fingerprint density at radius 1 is 1.35 bits per heavy atom. The van der Waals surface area contributed by atoms with Crippen LogP contribution in [0.15, 0.2) is 37.9 Å². The third-order valence-electron chi connectivity index (χ3n) is 3.06. The molecule has 3 rings (SSSR count). The highest BCUT2D eigenvalue weighted by Crippen LogP contribution is 2.31. The summed E-state index contributed by atoms with van der Waals surface area (Å²) in [7, 11) is 0. The lowest BCUT2D eigenvalue weighted by atomic mass is 10.1. The molecule has 0 bridgehead atoms. The average molecular weight is 354 g/mol. The van der Waals surface area contributed by atoms with Crippen LogP contribution in [0, 0.1) is 6.92 Å². The number of hydrogen-bond acceptors (Lipinski definition) is 3. The molecule has 102 valence electrons. The van der Waals surface area contributed by atoms with Crippen LogP contribution in [0.1, 0.15) is 17.0 Å². The number of rotatable bonds is 2. The second-order valence-electron chi connectivity index (χ2n) is 4.54. The molecule has 0 aliphatic rings. The summed E-state index contributed by atoms with van der Waals surface area (Å²) < 4.78 is 6.62. The van der Waals surface area contributed by atoms with Crippen LogP contribution in [0.25, 0.3) is 11.0 Å². The lowest BCUT2D eigenvalue weighted by Crippen LogP contribution is -2.10. The van der Waals surface area contributed by atoms with Gasteiger partial charge in [-0.05, 0) is 46.6 Å². The number of benzene rings is 1. The number of H-pyrrole nitrogens is 1. The molecule has 1 N–H and O–H groups in total. The van der Waals surface area contributed by atoms with Gasteiger partial charge in [0, 0.05) is 22.9 Å². The van der Waals surface area contributed by atoms with Crippen LogP contribution in [-0.2, 0) is 6.42 Å². The monoisotopic (exact) mass is 352 g/mol. The first-order valence-electron chi connectivity index (χ1n) is 5.95. The number of hydrogen-bond donors (Lipinski definition) is 1. The summed E-state index contributed by atoms with van der Waals surface area (Å²) in [5.41, 5.74) is 2.16. The van der Waals surface area contributed by atoms with Crippen molar-refractivity contribution in [1.82, 2.24) is 10.2 Å². The quantitative estimate of drug-likeness (QED) is 0.761. The van der Waals surface area contributed by atoms with Gasteiger partial charge in [-0.2, -0.15) is 5.10 Å². The summed E-state index contributed by atoms with van der Waals surface area (Å²) in [5, 5.41) is 7.93. The molecular weight excluding hydrogens is 344 g/mol. The standard InChI is InChI=1S/C14H10BrClN2O2/c1-7-8(5-13(19)18-17-7)3-11-4-9-2-10(16)6-12(15)14(9)20-11/h2,4-6H,3H2,1H3,(H,18,19). The number of nitrogens with zero attached hydrogens (tertiary/aromatic N) is 1. The van der Waals surface area contributed by atoms with Crippen LogP contribution < -0.4 is 5.56 Å². The number of nitrogens with one attached hydrogen (secondary N) is 1. The fourth-order valence-corrected chi connectivity index (χ4v) is 3.00. The minimum atomic E-state index is -0.217. The highest BCUT2D eigenvalue weighted by Gasteiger charge is 2.11. The first-order chi connectivity index (χ1) is 9.52. The molecule has 0 fully saturated rings. The summed E-state index contributed by atoms with van der Waals surface area (Å²) in [4.78, 5) is 11.3. The first kappa shape index (κ1) is 13.4. The van der Waals surface area contributed by atoms with Crippen LogP contribution in [-0.4, -0.2) is 10.2 Å². The predicted octanol–water partition coefficient (Wildman–Crippen LogP) is 3.83. The van der Waals surface area contributed by atoms with Crippen LogP contribution in [0.3, 0.4) is 0 Å². The molecule has 0 saturated heterocycles. The molecule has 0 atom stereocenters. The van der Waals surface area contributed by atoms with E-state index in [4.69, 9.17) is 16.0 Å². The summed E-state index contributed by atoms with van der Waals surface area (Å²) in [5.74, 6) is 0.762. The van der Waals surface area contributed by atoms with Gasteiger partial charge in [0.15, 0.2) is 0 Å². The van der Waals surface area contributed by atoms with Crippen molar-refractivity contribution in [3.8, 4) is 0 Å². The van der Waals surface area contributed by atoms with Gasteiger partial charge in [0.2, 0.25) is 0 Å². The molecule has 0 radical (unpaired) electrons. The van der Waals surface area contributed by atoms with Crippen molar-refractivity contribution >= 4 is 38.5 Å². The van der Waals surface area contributed by atoms with Gasteiger partial charge in [-0.3, -0.25) is 4.79 Å². The zero-order chi connectivity index (χ0) is 14.3. The normalized spacial score (nSPS) is 11.2. The zero-order valence-corrected chi connectivity index (χ0v) is 12.9. The van der Waals surface area contributed by atoms with Crippen molar-refractivity contribution in [3.63, 3.8) is 0 Å². The minimum absolute atomic E-state index is 0.217. The van der Waals surface area contributed by atoms with Gasteiger partial charge in [-0.15, -0.1) is 0 Å². The molecule has 1 aromatic carbocycles. The maximum absolute atomic E-state index is 11.3. The number of aromatic nitrogens is 2. The topological polar surface area (TPSA) is 58.9 Å². The molecule has 20 heavy (non-hydrogen) atoms. The smallest absolute Gasteiger partial charge is 0.264 e. The SMILES string of the molecule is Cc1n[nH]c(=O)cc1Cc1cc2cc(Cl)cc(Br)c2o1. The number of furan rings is 1. The summed E-state index contributed by atoms with van der Waals surface area (Å²) in [6, 6.07) is 7.10. The highest BCUT2D eigenvalue weighted by molar-refractivity contribution is 9.10. The Balaban J connectivity index is 2.05. The van der Waals surface area contributed by atoms with Gasteiger partial charge in [0.1, 0.15) is 11.3 Å². The van der Waals surface area contributed by atoms with E-state index in [9.17, 15) is 4.79 Å². The molecule has 0 aliphatic heterocycles. The number of aromatic amines is 1. The van der Waals surface area contributed by atoms with E-state index in [1.54, 1.807) is 6.07 Å². The van der Waals surface area contributed by atoms with Crippen LogP contribution in [0.4, 0.5) is 0 Å². The number of halogens is 2. The maximum Gasteiger partial charge on any atom is 0.264 e. The molecule has 4 nitrogen and oxygen atoms in total. The van der Waals surface area contributed by atoms with Gasteiger partial charge >= 0.3 is 0 Å². The van der Waals surface area contributed by atoms with Crippen molar-refractivity contribution in [2.45, 2.75) is 13.3 Å². The zero-order valence-electron chi connectivity index (χ0n) is 10.5. The molecule has 0 spiro atoms. The minimum Gasteiger partial charge on any atom is -0.460 e.